The molecule has 0 aromatic heterocycles. The van der Waals surface area contributed by atoms with Gasteiger partial charge in [0.2, 0.25) is 0 Å². The van der Waals surface area contributed by atoms with Crippen LogP contribution in [0.15, 0.2) is 59.6 Å². The van der Waals surface area contributed by atoms with Gasteiger partial charge in [0.1, 0.15) is 5.75 Å². The molecule has 2 aromatic carbocycles. The number of nitrogens with zero attached hydrogens (tertiary/aromatic N) is 3. The summed E-state index contributed by atoms with van der Waals surface area (Å²) in [6, 6.07) is 18.0. The second-order valence-electron chi connectivity index (χ2n) is 6.43. The lowest BCUT2D eigenvalue weighted by molar-refractivity contribution is 0.370. The van der Waals surface area contributed by atoms with Crippen LogP contribution >= 0.6 is 0 Å². The highest BCUT2D eigenvalue weighted by atomic mass is 16.3. The minimum absolute atomic E-state index is 0.351. The van der Waals surface area contributed by atoms with Crippen LogP contribution < -0.4 is 10.2 Å². The minimum atomic E-state index is 0.351. The van der Waals surface area contributed by atoms with Gasteiger partial charge in [-0.2, -0.15) is 0 Å². The molecule has 0 saturated carbocycles. The molecule has 0 aliphatic carbocycles. The van der Waals surface area contributed by atoms with Crippen molar-refractivity contribution < 1.29 is 5.11 Å². The maximum absolute atomic E-state index is 10.1. The number of benzene rings is 2. The van der Waals surface area contributed by atoms with E-state index >= 15 is 0 Å². The first-order valence-electron chi connectivity index (χ1n) is 9.38. The van der Waals surface area contributed by atoms with Crippen molar-refractivity contribution in [2.75, 3.05) is 44.2 Å². The molecule has 1 fully saturated rings. The molecule has 0 spiro atoms. The van der Waals surface area contributed by atoms with Gasteiger partial charge >= 0.3 is 0 Å². The Morgan fingerprint density at radius 3 is 2.38 bits per heavy atom. The first-order chi connectivity index (χ1) is 12.8. The quantitative estimate of drug-likeness (QED) is 0.642. The van der Waals surface area contributed by atoms with Crippen molar-refractivity contribution in [2.24, 2.45) is 4.99 Å². The molecule has 138 valence electrons. The Morgan fingerprint density at radius 1 is 1.00 bits per heavy atom. The van der Waals surface area contributed by atoms with Crippen LogP contribution in [0.25, 0.3) is 0 Å². The monoisotopic (exact) mass is 352 g/mol. The fraction of sp³-hybridized carbons (Fsp3) is 0.381. The fourth-order valence-corrected chi connectivity index (χ4v) is 3.25. The molecule has 2 aromatic rings. The largest absolute Gasteiger partial charge is 0.506 e. The molecular formula is C21H28N4O. The van der Waals surface area contributed by atoms with Crippen molar-refractivity contribution in [2.45, 2.75) is 13.3 Å². The summed E-state index contributed by atoms with van der Waals surface area (Å²) in [4.78, 5) is 9.36. The Labute approximate surface area is 156 Å². The molecule has 0 atom stereocenters. The second-order valence-corrected chi connectivity index (χ2v) is 6.43. The Morgan fingerprint density at radius 2 is 1.69 bits per heavy atom. The van der Waals surface area contributed by atoms with E-state index in [1.54, 1.807) is 6.07 Å². The molecule has 1 heterocycles. The Balaban J connectivity index is 1.57. The standard InChI is InChI=1S/C21H28N4O/c1-2-22-21(23-13-12-18-8-4-3-5-9-18)25-16-14-24(15-17-25)19-10-6-7-11-20(19)26/h3-11,26H,2,12-17H2,1H3,(H,22,23). The molecule has 1 saturated heterocycles. The second kappa shape index (κ2) is 9.13. The lowest BCUT2D eigenvalue weighted by atomic mass is 10.2. The van der Waals surface area contributed by atoms with E-state index in [1.165, 1.54) is 5.56 Å². The van der Waals surface area contributed by atoms with E-state index in [0.717, 1.165) is 57.3 Å². The first kappa shape index (κ1) is 18.1. The van der Waals surface area contributed by atoms with Crippen LogP contribution in [0.4, 0.5) is 5.69 Å². The van der Waals surface area contributed by atoms with Crippen molar-refractivity contribution in [3.8, 4) is 5.75 Å². The number of nitrogens with one attached hydrogen (secondary N) is 1. The average Bonchev–Trinajstić information content (AvgIpc) is 2.69. The van der Waals surface area contributed by atoms with Gasteiger partial charge in [-0.1, -0.05) is 42.5 Å². The zero-order chi connectivity index (χ0) is 18.2. The number of para-hydroxylation sites is 2. The van der Waals surface area contributed by atoms with Gasteiger partial charge in [-0.3, -0.25) is 4.99 Å². The number of hydrogen-bond donors (Lipinski definition) is 2. The van der Waals surface area contributed by atoms with Gasteiger partial charge in [0.15, 0.2) is 5.96 Å². The van der Waals surface area contributed by atoms with Crippen molar-refractivity contribution in [1.82, 2.24) is 10.2 Å². The van der Waals surface area contributed by atoms with E-state index in [9.17, 15) is 5.11 Å². The average molecular weight is 352 g/mol. The summed E-state index contributed by atoms with van der Waals surface area (Å²) in [5, 5.41) is 13.5. The number of hydrogen-bond acceptors (Lipinski definition) is 3. The highest BCUT2D eigenvalue weighted by Crippen LogP contribution is 2.27. The van der Waals surface area contributed by atoms with Gasteiger partial charge in [0, 0.05) is 39.3 Å². The predicted molar refractivity (Wildman–Crippen MR) is 108 cm³/mol. The van der Waals surface area contributed by atoms with E-state index in [2.05, 4.69) is 46.3 Å². The van der Waals surface area contributed by atoms with Gasteiger partial charge in [0.05, 0.1) is 5.69 Å². The summed E-state index contributed by atoms with van der Waals surface area (Å²) in [5.41, 5.74) is 2.23. The van der Waals surface area contributed by atoms with E-state index in [4.69, 9.17) is 4.99 Å². The predicted octanol–water partition coefficient (Wildman–Crippen LogP) is 2.72. The Hall–Kier alpha value is -2.69. The minimum Gasteiger partial charge on any atom is -0.506 e. The van der Waals surface area contributed by atoms with E-state index < -0.39 is 0 Å². The maximum atomic E-state index is 10.1. The number of aromatic hydroxyl groups is 1. The van der Waals surface area contributed by atoms with Gasteiger partial charge in [0.25, 0.3) is 0 Å². The van der Waals surface area contributed by atoms with E-state index in [-0.39, 0.29) is 0 Å². The van der Waals surface area contributed by atoms with Crippen molar-refractivity contribution >= 4 is 11.6 Å². The Kier molecular flexibility index (Phi) is 6.36. The summed E-state index contributed by atoms with van der Waals surface area (Å²) >= 11 is 0. The van der Waals surface area contributed by atoms with Gasteiger partial charge < -0.3 is 20.2 Å². The summed E-state index contributed by atoms with van der Waals surface area (Å²) in [6.45, 7) is 7.29. The highest BCUT2D eigenvalue weighted by Gasteiger charge is 2.21. The van der Waals surface area contributed by atoms with Crippen LogP contribution in [0.3, 0.4) is 0 Å². The SMILES string of the molecule is CCNC(=NCCc1ccccc1)N1CCN(c2ccccc2O)CC1. The number of rotatable bonds is 5. The third-order valence-corrected chi connectivity index (χ3v) is 4.64. The molecule has 0 unspecified atom stereocenters. The number of anilines is 1. The Bertz CT molecular complexity index is 709. The van der Waals surface area contributed by atoms with Crippen LogP contribution in [0.5, 0.6) is 5.75 Å². The van der Waals surface area contributed by atoms with Crippen molar-refractivity contribution in [3.05, 3.63) is 60.2 Å². The van der Waals surface area contributed by atoms with E-state index in [0.29, 0.717) is 5.75 Å². The number of phenolic OH excluding ortho intramolecular Hbond substituents is 1. The number of piperazine rings is 1. The van der Waals surface area contributed by atoms with Crippen LogP contribution in [0.2, 0.25) is 0 Å². The molecular weight excluding hydrogens is 324 g/mol. The molecule has 1 aliphatic rings. The smallest absolute Gasteiger partial charge is 0.194 e. The molecule has 26 heavy (non-hydrogen) atoms. The zero-order valence-electron chi connectivity index (χ0n) is 15.4. The van der Waals surface area contributed by atoms with Crippen molar-refractivity contribution in [3.63, 3.8) is 0 Å². The topological polar surface area (TPSA) is 51.1 Å². The van der Waals surface area contributed by atoms with Crippen LogP contribution in [0.1, 0.15) is 12.5 Å². The maximum Gasteiger partial charge on any atom is 0.194 e. The van der Waals surface area contributed by atoms with Crippen LogP contribution in [-0.2, 0) is 6.42 Å². The summed E-state index contributed by atoms with van der Waals surface area (Å²) in [5.74, 6) is 1.34. The third kappa shape index (κ3) is 4.69. The summed E-state index contributed by atoms with van der Waals surface area (Å²) in [7, 11) is 0. The highest BCUT2D eigenvalue weighted by molar-refractivity contribution is 5.80. The molecule has 2 N–H and O–H groups in total. The van der Waals surface area contributed by atoms with Gasteiger partial charge in [-0.05, 0) is 31.0 Å². The fourth-order valence-electron chi connectivity index (χ4n) is 3.25. The molecule has 0 amide bonds. The van der Waals surface area contributed by atoms with Gasteiger partial charge in [-0.15, -0.1) is 0 Å². The van der Waals surface area contributed by atoms with Crippen LogP contribution in [0, 0.1) is 0 Å². The molecule has 0 radical (unpaired) electrons. The first-order valence-corrected chi connectivity index (χ1v) is 9.38. The molecule has 0 bridgehead atoms. The zero-order valence-corrected chi connectivity index (χ0v) is 15.4. The molecule has 5 heteroatoms. The lowest BCUT2D eigenvalue weighted by Crippen LogP contribution is -2.52. The summed E-state index contributed by atoms with van der Waals surface area (Å²) in [6.07, 6.45) is 0.952. The molecule has 5 nitrogen and oxygen atoms in total. The van der Waals surface area contributed by atoms with E-state index in [1.807, 2.05) is 24.3 Å². The normalized spacial score (nSPS) is 15.2. The van der Waals surface area contributed by atoms with Crippen LogP contribution in [-0.4, -0.2) is 55.2 Å². The third-order valence-electron chi connectivity index (χ3n) is 4.64. The molecule has 3 rings (SSSR count). The molecule has 1 aliphatic heterocycles. The number of aliphatic imine (C=N–C) groups is 1. The number of guanidine groups is 1. The summed E-state index contributed by atoms with van der Waals surface area (Å²) < 4.78 is 0. The van der Waals surface area contributed by atoms with Gasteiger partial charge in [-0.25, -0.2) is 0 Å². The lowest BCUT2D eigenvalue weighted by Gasteiger charge is -2.37. The number of phenols is 1. The van der Waals surface area contributed by atoms with Crippen molar-refractivity contribution in [1.29, 1.82) is 0 Å².